The monoisotopic (exact) mass is 387 g/mol. The first-order chi connectivity index (χ1) is 8.68. The standard InChI is InChI=1S/C12H19BrClNO2S2/c1-9-7-10(18-11(9)13)19(16,17)15-8-12(2,3)5-4-6-14/h7,15H,4-6,8H2,1-3H3. The molecule has 1 rings (SSSR count). The lowest BCUT2D eigenvalue weighted by Crippen LogP contribution is -2.33. The predicted octanol–water partition coefficient (Wildman–Crippen LogP) is 4.14. The third-order valence-corrected chi connectivity index (χ3v) is 7.11. The Bertz CT molecular complexity index is 506. The Morgan fingerprint density at radius 2 is 2.11 bits per heavy atom. The number of hydrogen-bond donors (Lipinski definition) is 1. The molecule has 1 heterocycles. The second kappa shape index (κ2) is 6.89. The van der Waals surface area contributed by atoms with E-state index in [0.29, 0.717) is 16.6 Å². The molecule has 1 aromatic rings. The zero-order valence-electron chi connectivity index (χ0n) is 11.3. The van der Waals surface area contributed by atoms with Gasteiger partial charge in [-0.1, -0.05) is 13.8 Å². The van der Waals surface area contributed by atoms with Crippen LogP contribution in [0.5, 0.6) is 0 Å². The zero-order chi connectivity index (χ0) is 14.7. The maximum absolute atomic E-state index is 12.2. The summed E-state index contributed by atoms with van der Waals surface area (Å²) in [7, 11) is -3.41. The van der Waals surface area contributed by atoms with Gasteiger partial charge in [0.05, 0.1) is 3.79 Å². The van der Waals surface area contributed by atoms with Crippen LogP contribution in [-0.4, -0.2) is 20.8 Å². The summed E-state index contributed by atoms with van der Waals surface area (Å²) in [5.74, 6) is 0.604. The molecular formula is C12H19BrClNO2S2. The topological polar surface area (TPSA) is 46.2 Å². The lowest BCUT2D eigenvalue weighted by molar-refractivity contribution is 0.331. The molecule has 0 aliphatic rings. The van der Waals surface area contributed by atoms with Gasteiger partial charge in [0, 0.05) is 12.4 Å². The second-order valence-corrected chi connectivity index (χ2v) is 10.0. The molecule has 7 heteroatoms. The maximum Gasteiger partial charge on any atom is 0.250 e. The minimum atomic E-state index is -3.41. The van der Waals surface area contributed by atoms with E-state index in [4.69, 9.17) is 11.6 Å². The Hall–Kier alpha value is 0.380. The van der Waals surface area contributed by atoms with Crippen molar-refractivity contribution in [2.45, 2.75) is 37.8 Å². The van der Waals surface area contributed by atoms with Gasteiger partial charge in [-0.2, -0.15) is 0 Å². The Labute approximate surface area is 132 Å². The van der Waals surface area contributed by atoms with Crippen LogP contribution in [-0.2, 0) is 10.0 Å². The minimum absolute atomic E-state index is 0.0918. The van der Waals surface area contributed by atoms with Gasteiger partial charge in [-0.25, -0.2) is 13.1 Å². The molecule has 0 fully saturated rings. The third kappa shape index (κ3) is 5.34. The summed E-state index contributed by atoms with van der Waals surface area (Å²) in [5.41, 5.74) is 0.845. The van der Waals surface area contributed by atoms with Crippen molar-refractivity contribution in [1.82, 2.24) is 4.72 Å². The van der Waals surface area contributed by atoms with E-state index in [-0.39, 0.29) is 5.41 Å². The van der Waals surface area contributed by atoms with Crippen molar-refractivity contribution >= 4 is 48.9 Å². The largest absolute Gasteiger partial charge is 0.250 e. The zero-order valence-corrected chi connectivity index (χ0v) is 15.3. The quantitative estimate of drug-likeness (QED) is 0.713. The highest BCUT2D eigenvalue weighted by atomic mass is 79.9. The molecule has 0 atom stereocenters. The molecule has 1 N–H and O–H groups in total. The Morgan fingerprint density at radius 3 is 2.58 bits per heavy atom. The van der Waals surface area contributed by atoms with Crippen LogP contribution in [0, 0.1) is 12.3 Å². The van der Waals surface area contributed by atoms with Crippen LogP contribution in [0.25, 0.3) is 0 Å². The predicted molar refractivity (Wildman–Crippen MR) is 85.7 cm³/mol. The Kier molecular flexibility index (Phi) is 6.32. The summed E-state index contributed by atoms with van der Waals surface area (Å²) >= 11 is 10.3. The van der Waals surface area contributed by atoms with Crippen molar-refractivity contribution in [2.75, 3.05) is 12.4 Å². The van der Waals surface area contributed by atoms with Crippen molar-refractivity contribution in [2.24, 2.45) is 5.41 Å². The number of aryl methyl sites for hydroxylation is 1. The molecular weight excluding hydrogens is 370 g/mol. The molecule has 0 spiro atoms. The van der Waals surface area contributed by atoms with Crippen molar-refractivity contribution < 1.29 is 8.42 Å². The van der Waals surface area contributed by atoms with Gasteiger partial charge in [-0.05, 0) is 52.7 Å². The normalized spacial score (nSPS) is 12.9. The molecule has 0 unspecified atom stereocenters. The number of thiophene rings is 1. The van der Waals surface area contributed by atoms with Gasteiger partial charge in [0.1, 0.15) is 4.21 Å². The van der Waals surface area contributed by atoms with Gasteiger partial charge in [0.25, 0.3) is 0 Å². The van der Waals surface area contributed by atoms with Crippen LogP contribution in [0.3, 0.4) is 0 Å². The van der Waals surface area contributed by atoms with Gasteiger partial charge in [0.2, 0.25) is 10.0 Å². The van der Waals surface area contributed by atoms with Crippen molar-refractivity contribution in [3.63, 3.8) is 0 Å². The van der Waals surface area contributed by atoms with Crippen molar-refractivity contribution in [1.29, 1.82) is 0 Å². The fourth-order valence-electron chi connectivity index (χ4n) is 1.56. The number of rotatable bonds is 7. The summed E-state index contributed by atoms with van der Waals surface area (Å²) in [5, 5.41) is 0. The van der Waals surface area contributed by atoms with Crippen molar-refractivity contribution in [3.8, 4) is 0 Å². The highest BCUT2D eigenvalue weighted by molar-refractivity contribution is 9.11. The molecule has 110 valence electrons. The van der Waals surface area contributed by atoms with E-state index >= 15 is 0 Å². The van der Waals surface area contributed by atoms with Crippen LogP contribution in [0.2, 0.25) is 0 Å². The molecule has 0 aromatic carbocycles. The van der Waals surface area contributed by atoms with E-state index in [9.17, 15) is 8.42 Å². The molecule has 1 aromatic heterocycles. The van der Waals surface area contributed by atoms with Gasteiger partial charge >= 0.3 is 0 Å². The van der Waals surface area contributed by atoms with Gasteiger partial charge < -0.3 is 0 Å². The SMILES string of the molecule is Cc1cc(S(=O)(=O)NCC(C)(C)CCCCl)sc1Br. The lowest BCUT2D eigenvalue weighted by atomic mass is 9.88. The van der Waals surface area contributed by atoms with Crippen LogP contribution >= 0.6 is 38.9 Å². The van der Waals surface area contributed by atoms with E-state index in [1.807, 2.05) is 20.8 Å². The van der Waals surface area contributed by atoms with E-state index in [1.54, 1.807) is 6.07 Å². The first-order valence-corrected chi connectivity index (χ1v) is 9.62. The Balaban J connectivity index is 2.70. The summed E-state index contributed by atoms with van der Waals surface area (Å²) in [6.45, 7) is 6.38. The lowest BCUT2D eigenvalue weighted by Gasteiger charge is -2.24. The van der Waals surface area contributed by atoms with E-state index < -0.39 is 10.0 Å². The molecule has 0 bridgehead atoms. The maximum atomic E-state index is 12.2. The Morgan fingerprint density at radius 1 is 1.47 bits per heavy atom. The molecule has 0 saturated carbocycles. The van der Waals surface area contributed by atoms with E-state index in [1.165, 1.54) is 11.3 Å². The molecule has 0 saturated heterocycles. The number of halogens is 2. The minimum Gasteiger partial charge on any atom is -0.210 e. The number of nitrogens with one attached hydrogen (secondary N) is 1. The van der Waals surface area contributed by atoms with Crippen LogP contribution in [0.15, 0.2) is 14.1 Å². The van der Waals surface area contributed by atoms with Crippen LogP contribution < -0.4 is 4.72 Å². The van der Waals surface area contributed by atoms with Gasteiger partial charge in [0.15, 0.2) is 0 Å². The fourth-order valence-corrected chi connectivity index (χ4v) is 5.20. The fraction of sp³-hybridized carbons (Fsp3) is 0.667. The van der Waals surface area contributed by atoms with Crippen LogP contribution in [0.1, 0.15) is 32.3 Å². The first kappa shape index (κ1) is 17.4. The number of alkyl halides is 1. The highest BCUT2D eigenvalue weighted by Crippen LogP contribution is 2.31. The van der Waals surface area contributed by atoms with Crippen LogP contribution in [0.4, 0.5) is 0 Å². The van der Waals surface area contributed by atoms with E-state index in [0.717, 1.165) is 22.2 Å². The number of sulfonamides is 1. The smallest absolute Gasteiger partial charge is 0.210 e. The summed E-state index contributed by atoms with van der Waals surface area (Å²) in [4.78, 5) is 0. The summed E-state index contributed by atoms with van der Waals surface area (Å²) < 4.78 is 28.2. The molecule has 0 aliphatic heterocycles. The molecule has 0 amide bonds. The van der Waals surface area contributed by atoms with Gasteiger partial charge in [-0.15, -0.1) is 22.9 Å². The van der Waals surface area contributed by atoms with Gasteiger partial charge in [-0.3, -0.25) is 0 Å². The number of hydrogen-bond acceptors (Lipinski definition) is 3. The highest BCUT2D eigenvalue weighted by Gasteiger charge is 2.23. The second-order valence-electron chi connectivity index (χ2n) is 5.30. The average molecular weight is 389 g/mol. The molecule has 3 nitrogen and oxygen atoms in total. The first-order valence-electron chi connectivity index (χ1n) is 5.99. The summed E-state index contributed by atoms with van der Waals surface area (Å²) in [6.07, 6.45) is 1.78. The average Bonchev–Trinajstić information content (AvgIpc) is 2.66. The summed E-state index contributed by atoms with van der Waals surface area (Å²) in [6, 6.07) is 1.68. The molecule has 0 radical (unpaired) electrons. The van der Waals surface area contributed by atoms with Crippen molar-refractivity contribution in [3.05, 3.63) is 15.4 Å². The molecule has 19 heavy (non-hydrogen) atoms. The van der Waals surface area contributed by atoms with E-state index in [2.05, 4.69) is 20.7 Å². The molecule has 0 aliphatic carbocycles. The third-order valence-electron chi connectivity index (χ3n) is 2.83.